The van der Waals surface area contributed by atoms with E-state index in [0.29, 0.717) is 32.2 Å². The van der Waals surface area contributed by atoms with Gasteiger partial charge in [-0.05, 0) is 32.6 Å². The summed E-state index contributed by atoms with van der Waals surface area (Å²) in [6, 6.07) is 0.472. The maximum absolute atomic E-state index is 12.6. The van der Waals surface area contributed by atoms with Gasteiger partial charge in [-0.3, -0.25) is 4.90 Å². The quantitative estimate of drug-likeness (QED) is 0.792. The number of rotatable bonds is 4. The van der Waals surface area contributed by atoms with Crippen molar-refractivity contribution in [3.05, 3.63) is 0 Å². The van der Waals surface area contributed by atoms with Gasteiger partial charge in [0.05, 0.1) is 0 Å². The molecule has 0 unspecified atom stereocenters. The smallest absolute Gasteiger partial charge is 0.282 e. The van der Waals surface area contributed by atoms with Crippen LogP contribution in [0.15, 0.2) is 0 Å². The van der Waals surface area contributed by atoms with Crippen molar-refractivity contribution < 1.29 is 13.5 Å². The first-order valence-electron chi connectivity index (χ1n) is 7.55. The van der Waals surface area contributed by atoms with Gasteiger partial charge in [-0.25, -0.2) is 0 Å². The first kappa shape index (κ1) is 16.2. The zero-order valence-corrected chi connectivity index (χ0v) is 13.3. The third-order valence-electron chi connectivity index (χ3n) is 4.49. The normalized spacial score (nSPS) is 25.4. The van der Waals surface area contributed by atoms with Gasteiger partial charge in [0.25, 0.3) is 10.2 Å². The van der Waals surface area contributed by atoms with Gasteiger partial charge in [-0.1, -0.05) is 0 Å². The minimum atomic E-state index is -3.31. The van der Waals surface area contributed by atoms with Gasteiger partial charge in [0.1, 0.15) is 0 Å². The lowest BCUT2D eigenvalue weighted by Crippen LogP contribution is -2.55. The number of piperazine rings is 1. The molecule has 0 atom stereocenters. The van der Waals surface area contributed by atoms with Crippen LogP contribution in [0, 0.1) is 5.92 Å². The summed E-state index contributed by atoms with van der Waals surface area (Å²) in [5, 5.41) is 9.13. The first-order chi connectivity index (χ1) is 9.45. The Bertz CT molecular complexity index is 397. The Kier molecular flexibility index (Phi) is 5.42. The lowest BCUT2D eigenvalue weighted by atomic mass is 10.00. The number of nitrogens with zero attached hydrogens (tertiary/aromatic N) is 3. The van der Waals surface area contributed by atoms with Crippen LogP contribution in [-0.2, 0) is 10.2 Å². The minimum absolute atomic E-state index is 0.168. The van der Waals surface area contributed by atoms with Crippen LogP contribution in [0.25, 0.3) is 0 Å². The number of aliphatic hydroxyl groups is 1. The summed E-state index contributed by atoms with van der Waals surface area (Å²) in [5.41, 5.74) is 0. The van der Waals surface area contributed by atoms with Crippen LogP contribution in [0.4, 0.5) is 0 Å². The van der Waals surface area contributed by atoms with Crippen molar-refractivity contribution in [2.45, 2.75) is 32.7 Å². The zero-order valence-electron chi connectivity index (χ0n) is 12.5. The second-order valence-electron chi connectivity index (χ2n) is 6.06. The van der Waals surface area contributed by atoms with Crippen LogP contribution >= 0.6 is 0 Å². The summed E-state index contributed by atoms with van der Waals surface area (Å²) in [6.45, 7) is 8.32. The van der Waals surface area contributed by atoms with Crippen LogP contribution in [0.1, 0.15) is 26.7 Å². The Morgan fingerprint density at radius 2 is 1.50 bits per heavy atom. The van der Waals surface area contributed by atoms with E-state index < -0.39 is 10.2 Å². The molecule has 0 amide bonds. The molecule has 2 fully saturated rings. The predicted octanol–water partition coefficient (Wildman–Crippen LogP) is -0.0385. The number of hydrogen-bond donors (Lipinski definition) is 1. The maximum Gasteiger partial charge on any atom is 0.282 e. The van der Waals surface area contributed by atoms with Crippen LogP contribution in [0.3, 0.4) is 0 Å². The van der Waals surface area contributed by atoms with Crippen LogP contribution in [0.2, 0.25) is 0 Å². The second-order valence-corrected chi connectivity index (χ2v) is 7.99. The van der Waals surface area contributed by atoms with E-state index in [1.54, 1.807) is 8.61 Å². The van der Waals surface area contributed by atoms with E-state index in [4.69, 9.17) is 5.11 Å². The largest absolute Gasteiger partial charge is 0.396 e. The summed E-state index contributed by atoms with van der Waals surface area (Å²) in [5.74, 6) is 0.263. The Morgan fingerprint density at radius 3 is 1.95 bits per heavy atom. The summed E-state index contributed by atoms with van der Waals surface area (Å²) in [6.07, 6.45) is 1.53. The van der Waals surface area contributed by atoms with Crippen molar-refractivity contribution in [2.24, 2.45) is 5.92 Å². The van der Waals surface area contributed by atoms with Crippen molar-refractivity contribution in [2.75, 3.05) is 45.9 Å². The molecule has 118 valence electrons. The number of hydrogen-bond acceptors (Lipinski definition) is 4. The van der Waals surface area contributed by atoms with E-state index >= 15 is 0 Å². The highest BCUT2D eigenvalue weighted by molar-refractivity contribution is 7.86. The Morgan fingerprint density at radius 1 is 1.00 bits per heavy atom. The molecule has 6 nitrogen and oxygen atoms in total. The van der Waals surface area contributed by atoms with E-state index in [1.807, 2.05) is 0 Å². The van der Waals surface area contributed by atoms with Gasteiger partial charge < -0.3 is 5.11 Å². The van der Waals surface area contributed by atoms with Crippen LogP contribution in [-0.4, -0.2) is 79.0 Å². The van der Waals surface area contributed by atoms with Gasteiger partial charge >= 0.3 is 0 Å². The molecular formula is C13H27N3O3S. The summed E-state index contributed by atoms with van der Waals surface area (Å²) in [7, 11) is -3.31. The fourth-order valence-corrected chi connectivity index (χ4v) is 4.56. The molecule has 0 saturated carbocycles. The zero-order chi connectivity index (χ0) is 14.8. The molecule has 0 radical (unpaired) electrons. The molecule has 2 saturated heterocycles. The molecule has 0 aromatic rings. The average molecular weight is 305 g/mol. The highest BCUT2D eigenvalue weighted by Gasteiger charge is 2.34. The van der Waals surface area contributed by atoms with E-state index in [1.165, 1.54) is 0 Å². The van der Waals surface area contributed by atoms with Gasteiger partial charge in [0, 0.05) is 51.9 Å². The van der Waals surface area contributed by atoms with Crippen molar-refractivity contribution in [1.29, 1.82) is 0 Å². The molecule has 0 aromatic heterocycles. The molecule has 0 bridgehead atoms. The highest BCUT2D eigenvalue weighted by atomic mass is 32.2. The monoisotopic (exact) mass is 305 g/mol. The van der Waals surface area contributed by atoms with Gasteiger partial charge in [0.2, 0.25) is 0 Å². The van der Waals surface area contributed by atoms with Crippen LogP contribution < -0.4 is 0 Å². The molecule has 1 N–H and O–H groups in total. The molecule has 0 aliphatic carbocycles. The molecule has 20 heavy (non-hydrogen) atoms. The highest BCUT2D eigenvalue weighted by Crippen LogP contribution is 2.22. The van der Waals surface area contributed by atoms with Crippen molar-refractivity contribution >= 4 is 10.2 Å². The first-order valence-corrected chi connectivity index (χ1v) is 8.95. The summed E-state index contributed by atoms with van der Waals surface area (Å²) in [4.78, 5) is 2.31. The third kappa shape index (κ3) is 3.51. The van der Waals surface area contributed by atoms with E-state index in [2.05, 4.69) is 18.7 Å². The van der Waals surface area contributed by atoms with Gasteiger partial charge in [-0.2, -0.15) is 17.0 Å². The summed E-state index contributed by atoms with van der Waals surface area (Å²) >= 11 is 0. The molecule has 0 aromatic carbocycles. The predicted molar refractivity (Wildman–Crippen MR) is 78.6 cm³/mol. The molecule has 0 spiro atoms. The molecule has 7 heteroatoms. The number of piperidine rings is 1. The SMILES string of the molecule is CC(C)N1CCN(S(=O)(=O)N2CCC(CO)CC2)CC1. The average Bonchev–Trinajstić information content (AvgIpc) is 2.47. The van der Waals surface area contributed by atoms with Crippen molar-refractivity contribution in [3.63, 3.8) is 0 Å². The molecular weight excluding hydrogens is 278 g/mol. The number of aliphatic hydroxyl groups excluding tert-OH is 1. The molecule has 2 rings (SSSR count). The Balaban J connectivity index is 1.91. The third-order valence-corrected chi connectivity index (χ3v) is 6.52. The Hall–Kier alpha value is -0.210. The fourth-order valence-electron chi connectivity index (χ4n) is 2.94. The van der Waals surface area contributed by atoms with Crippen LogP contribution in [0.5, 0.6) is 0 Å². The fraction of sp³-hybridized carbons (Fsp3) is 1.00. The molecule has 2 aliphatic rings. The van der Waals surface area contributed by atoms with Crippen molar-refractivity contribution in [1.82, 2.24) is 13.5 Å². The van der Waals surface area contributed by atoms with Crippen molar-refractivity contribution in [3.8, 4) is 0 Å². The lowest BCUT2D eigenvalue weighted by Gasteiger charge is -2.39. The Labute approximate surface area is 122 Å². The second kappa shape index (κ2) is 6.70. The minimum Gasteiger partial charge on any atom is -0.396 e. The van der Waals surface area contributed by atoms with E-state index in [-0.39, 0.29) is 12.5 Å². The summed E-state index contributed by atoms with van der Waals surface area (Å²) < 4.78 is 28.4. The van der Waals surface area contributed by atoms with E-state index in [9.17, 15) is 8.42 Å². The lowest BCUT2D eigenvalue weighted by molar-refractivity contribution is 0.140. The van der Waals surface area contributed by atoms with E-state index in [0.717, 1.165) is 25.9 Å². The van der Waals surface area contributed by atoms with Gasteiger partial charge in [-0.15, -0.1) is 0 Å². The molecule has 2 aliphatic heterocycles. The van der Waals surface area contributed by atoms with Gasteiger partial charge in [0.15, 0.2) is 0 Å². The maximum atomic E-state index is 12.6. The topological polar surface area (TPSA) is 64.1 Å². The molecule has 2 heterocycles. The standard InChI is InChI=1S/C13H27N3O3S/c1-12(2)14-7-9-16(10-8-14)20(18,19)15-5-3-13(11-17)4-6-15/h12-13,17H,3-11H2,1-2H3.